The first-order valence-electron chi connectivity index (χ1n) is 7.08. The first-order chi connectivity index (χ1) is 9.38. The predicted octanol–water partition coefficient (Wildman–Crippen LogP) is 2.37. The second-order valence-corrected chi connectivity index (χ2v) is 5.79. The number of nitrogens with one attached hydrogen (secondary N) is 3. The molecule has 6 heteroatoms. The van der Waals surface area contributed by atoms with Crippen molar-refractivity contribution in [1.29, 1.82) is 0 Å². The van der Waals surface area contributed by atoms with E-state index in [-0.39, 0.29) is 12.1 Å². The third kappa shape index (κ3) is 7.13. The van der Waals surface area contributed by atoms with E-state index >= 15 is 0 Å². The highest BCUT2D eigenvalue weighted by atomic mass is 16.6. The van der Waals surface area contributed by atoms with Crippen molar-refractivity contribution in [3.8, 4) is 0 Å². The Bertz CT molecular complexity index is 384. The summed E-state index contributed by atoms with van der Waals surface area (Å²) in [5.74, 6) is 0.942. The van der Waals surface area contributed by atoms with Gasteiger partial charge in [-0.05, 0) is 47.1 Å². The second-order valence-electron chi connectivity index (χ2n) is 5.79. The normalized spacial score (nSPS) is 13.0. The SMILES string of the molecule is CC(NCCCCNC(=O)OC(C)(C)C)c1ncc[nH]1. The molecule has 114 valence electrons. The predicted molar refractivity (Wildman–Crippen MR) is 78.5 cm³/mol. The Hall–Kier alpha value is -1.56. The molecule has 0 saturated carbocycles. The molecule has 1 unspecified atom stereocenters. The van der Waals surface area contributed by atoms with Crippen LogP contribution in [0.2, 0.25) is 0 Å². The summed E-state index contributed by atoms with van der Waals surface area (Å²) in [5, 5.41) is 6.12. The zero-order valence-electron chi connectivity index (χ0n) is 12.8. The monoisotopic (exact) mass is 282 g/mol. The summed E-state index contributed by atoms with van der Waals surface area (Å²) in [6, 6.07) is 0.212. The van der Waals surface area contributed by atoms with Crippen LogP contribution in [0.15, 0.2) is 12.4 Å². The van der Waals surface area contributed by atoms with Crippen molar-refractivity contribution in [3.05, 3.63) is 18.2 Å². The third-order valence-corrected chi connectivity index (χ3v) is 2.65. The highest BCUT2D eigenvalue weighted by Gasteiger charge is 2.15. The number of unbranched alkanes of at least 4 members (excludes halogenated alkanes) is 1. The number of hydrogen-bond donors (Lipinski definition) is 3. The minimum Gasteiger partial charge on any atom is -0.444 e. The van der Waals surface area contributed by atoms with Crippen LogP contribution in [0.1, 0.15) is 52.4 Å². The zero-order valence-corrected chi connectivity index (χ0v) is 12.8. The van der Waals surface area contributed by atoms with Gasteiger partial charge in [0.05, 0.1) is 6.04 Å². The van der Waals surface area contributed by atoms with Crippen LogP contribution in [0.3, 0.4) is 0 Å². The van der Waals surface area contributed by atoms with E-state index in [1.165, 1.54) is 0 Å². The molecule has 1 aromatic rings. The maximum Gasteiger partial charge on any atom is 0.407 e. The number of imidazole rings is 1. The van der Waals surface area contributed by atoms with Gasteiger partial charge < -0.3 is 20.4 Å². The molecule has 1 heterocycles. The molecule has 6 nitrogen and oxygen atoms in total. The maximum absolute atomic E-state index is 11.4. The molecule has 20 heavy (non-hydrogen) atoms. The fourth-order valence-electron chi connectivity index (χ4n) is 1.68. The van der Waals surface area contributed by atoms with Crippen LogP contribution in [0.4, 0.5) is 4.79 Å². The number of amides is 1. The number of carbonyl (C=O) groups is 1. The lowest BCUT2D eigenvalue weighted by Crippen LogP contribution is -2.33. The van der Waals surface area contributed by atoms with Gasteiger partial charge in [0.1, 0.15) is 11.4 Å². The number of rotatable bonds is 7. The number of hydrogen-bond acceptors (Lipinski definition) is 4. The van der Waals surface area contributed by atoms with E-state index in [9.17, 15) is 4.79 Å². The Morgan fingerprint density at radius 1 is 1.40 bits per heavy atom. The zero-order chi connectivity index (χ0) is 15.0. The summed E-state index contributed by atoms with van der Waals surface area (Å²) >= 11 is 0. The first-order valence-corrected chi connectivity index (χ1v) is 7.08. The number of aromatic nitrogens is 2. The van der Waals surface area contributed by atoms with Gasteiger partial charge in [0.25, 0.3) is 0 Å². The number of carbonyl (C=O) groups excluding carboxylic acids is 1. The van der Waals surface area contributed by atoms with Crippen LogP contribution >= 0.6 is 0 Å². The minimum atomic E-state index is -0.440. The fourth-order valence-corrected chi connectivity index (χ4v) is 1.68. The fraction of sp³-hybridized carbons (Fsp3) is 0.714. The number of ether oxygens (including phenoxy) is 1. The molecule has 0 spiro atoms. The number of nitrogens with zero attached hydrogens (tertiary/aromatic N) is 1. The lowest BCUT2D eigenvalue weighted by Gasteiger charge is -2.19. The molecule has 0 aliphatic rings. The van der Waals surface area contributed by atoms with Crippen LogP contribution in [0.25, 0.3) is 0 Å². The van der Waals surface area contributed by atoms with E-state index in [2.05, 4.69) is 27.5 Å². The lowest BCUT2D eigenvalue weighted by atomic mass is 10.2. The second kappa shape index (κ2) is 7.89. The summed E-state index contributed by atoms with van der Waals surface area (Å²) < 4.78 is 5.15. The van der Waals surface area contributed by atoms with Gasteiger partial charge in [-0.2, -0.15) is 0 Å². The maximum atomic E-state index is 11.4. The first kappa shape index (κ1) is 16.5. The molecule has 1 aromatic heterocycles. The van der Waals surface area contributed by atoms with Crippen molar-refractivity contribution in [3.63, 3.8) is 0 Å². The minimum absolute atomic E-state index is 0.212. The van der Waals surface area contributed by atoms with Crippen molar-refractivity contribution >= 4 is 6.09 Å². The molecule has 0 aliphatic heterocycles. The molecule has 0 aliphatic carbocycles. The highest BCUT2D eigenvalue weighted by molar-refractivity contribution is 5.67. The summed E-state index contributed by atoms with van der Waals surface area (Å²) in [6.07, 6.45) is 5.11. The summed E-state index contributed by atoms with van der Waals surface area (Å²) in [4.78, 5) is 18.7. The van der Waals surface area contributed by atoms with E-state index in [0.717, 1.165) is 25.2 Å². The average molecular weight is 282 g/mol. The molecule has 1 rings (SSSR count). The van der Waals surface area contributed by atoms with Crippen LogP contribution in [-0.2, 0) is 4.74 Å². The number of H-pyrrole nitrogens is 1. The summed E-state index contributed by atoms with van der Waals surface area (Å²) in [5.41, 5.74) is -0.440. The molecule has 0 fully saturated rings. The molecular weight excluding hydrogens is 256 g/mol. The smallest absolute Gasteiger partial charge is 0.407 e. The van der Waals surface area contributed by atoms with Gasteiger partial charge in [0.2, 0.25) is 0 Å². The Balaban J connectivity index is 2.01. The Labute approximate surface area is 120 Å². The molecule has 1 amide bonds. The molecule has 0 radical (unpaired) electrons. The number of alkyl carbamates (subject to hydrolysis) is 1. The molecule has 0 saturated heterocycles. The van der Waals surface area contributed by atoms with Crippen LogP contribution in [0.5, 0.6) is 0 Å². The van der Waals surface area contributed by atoms with E-state index in [1.807, 2.05) is 27.0 Å². The van der Waals surface area contributed by atoms with Gasteiger partial charge in [0, 0.05) is 18.9 Å². The Morgan fingerprint density at radius 3 is 2.70 bits per heavy atom. The molecule has 1 atom stereocenters. The van der Waals surface area contributed by atoms with Gasteiger partial charge in [-0.1, -0.05) is 0 Å². The van der Waals surface area contributed by atoms with E-state index in [4.69, 9.17) is 4.74 Å². The van der Waals surface area contributed by atoms with Crippen LogP contribution in [0, 0.1) is 0 Å². The van der Waals surface area contributed by atoms with Crippen molar-refractivity contribution in [2.45, 2.75) is 52.2 Å². The van der Waals surface area contributed by atoms with Crippen LogP contribution < -0.4 is 10.6 Å². The number of aromatic amines is 1. The quantitative estimate of drug-likeness (QED) is 0.671. The van der Waals surface area contributed by atoms with Gasteiger partial charge in [-0.15, -0.1) is 0 Å². The summed E-state index contributed by atoms with van der Waals surface area (Å²) in [6.45, 7) is 9.15. The van der Waals surface area contributed by atoms with Crippen molar-refractivity contribution in [2.75, 3.05) is 13.1 Å². The Kier molecular flexibility index (Phi) is 6.51. The van der Waals surface area contributed by atoms with Crippen molar-refractivity contribution < 1.29 is 9.53 Å². The third-order valence-electron chi connectivity index (χ3n) is 2.65. The summed E-state index contributed by atoms with van der Waals surface area (Å²) in [7, 11) is 0. The standard InChI is InChI=1S/C14H26N4O2/c1-11(12-16-9-10-17-12)15-7-5-6-8-18-13(19)20-14(2,3)4/h9-11,15H,5-8H2,1-4H3,(H,16,17)(H,18,19). The largest absolute Gasteiger partial charge is 0.444 e. The van der Waals surface area contributed by atoms with Gasteiger partial charge in [-0.3, -0.25) is 0 Å². The van der Waals surface area contributed by atoms with Gasteiger partial charge in [-0.25, -0.2) is 9.78 Å². The van der Waals surface area contributed by atoms with Gasteiger partial charge >= 0.3 is 6.09 Å². The van der Waals surface area contributed by atoms with Crippen LogP contribution in [-0.4, -0.2) is 34.8 Å². The van der Waals surface area contributed by atoms with Crippen molar-refractivity contribution in [2.24, 2.45) is 0 Å². The van der Waals surface area contributed by atoms with Gasteiger partial charge in [0.15, 0.2) is 0 Å². The lowest BCUT2D eigenvalue weighted by molar-refractivity contribution is 0.0527. The van der Waals surface area contributed by atoms with E-state index < -0.39 is 5.60 Å². The molecule has 0 bridgehead atoms. The molecule has 0 aromatic carbocycles. The molecular formula is C14H26N4O2. The van der Waals surface area contributed by atoms with E-state index in [1.54, 1.807) is 6.20 Å². The molecule has 3 N–H and O–H groups in total. The Morgan fingerprint density at radius 2 is 2.10 bits per heavy atom. The topological polar surface area (TPSA) is 79.0 Å². The average Bonchev–Trinajstić information content (AvgIpc) is 2.84. The van der Waals surface area contributed by atoms with E-state index in [0.29, 0.717) is 6.54 Å². The van der Waals surface area contributed by atoms with Crippen molar-refractivity contribution in [1.82, 2.24) is 20.6 Å². The highest BCUT2D eigenvalue weighted by Crippen LogP contribution is 2.06.